The maximum absolute atomic E-state index is 5.68. The number of aromatic nitrogens is 1. The molecule has 0 N–H and O–H groups in total. The van der Waals surface area contributed by atoms with Crippen LogP contribution in [0.5, 0.6) is 11.6 Å². The summed E-state index contributed by atoms with van der Waals surface area (Å²) in [7, 11) is 0. The molecule has 17 heavy (non-hydrogen) atoms. The average Bonchev–Trinajstić information content (AvgIpc) is 2.40. The summed E-state index contributed by atoms with van der Waals surface area (Å²) in [5, 5.41) is 2.25. The number of ether oxygens (including phenoxy) is 1. The van der Waals surface area contributed by atoms with Crippen molar-refractivity contribution in [2.24, 2.45) is 0 Å². The fraction of sp³-hybridized carbons (Fsp3) is 0. The molecule has 82 valence electrons. The van der Waals surface area contributed by atoms with Crippen molar-refractivity contribution in [1.29, 1.82) is 0 Å². The summed E-state index contributed by atoms with van der Waals surface area (Å²) in [6, 6.07) is 19.7. The Labute approximate surface area is 99.5 Å². The zero-order valence-electron chi connectivity index (χ0n) is 9.21. The highest BCUT2D eigenvalue weighted by molar-refractivity contribution is 5.82. The first-order chi connectivity index (χ1) is 8.42. The SMILES string of the molecule is c1ccc(Oc2cc3ccccc3cn2)cc1. The molecule has 2 heteroatoms. The summed E-state index contributed by atoms with van der Waals surface area (Å²) in [6.07, 6.45) is 1.83. The van der Waals surface area contributed by atoms with E-state index in [4.69, 9.17) is 4.74 Å². The van der Waals surface area contributed by atoms with Gasteiger partial charge >= 0.3 is 0 Å². The van der Waals surface area contributed by atoms with E-state index in [9.17, 15) is 0 Å². The number of hydrogen-bond donors (Lipinski definition) is 0. The second-order valence-corrected chi connectivity index (χ2v) is 3.78. The van der Waals surface area contributed by atoms with Crippen LogP contribution in [0.15, 0.2) is 66.9 Å². The Morgan fingerprint density at radius 3 is 2.29 bits per heavy atom. The molecule has 0 atom stereocenters. The van der Waals surface area contributed by atoms with Crippen LogP contribution in [-0.4, -0.2) is 4.98 Å². The lowest BCUT2D eigenvalue weighted by Crippen LogP contribution is -1.87. The highest BCUT2D eigenvalue weighted by atomic mass is 16.5. The molecular weight excluding hydrogens is 210 g/mol. The van der Waals surface area contributed by atoms with E-state index in [0.717, 1.165) is 16.5 Å². The number of benzene rings is 2. The summed E-state index contributed by atoms with van der Waals surface area (Å²) in [5.41, 5.74) is 0. The van der Waals surface area contributed by atoms with Gasteiger partial charge in [-0.05, 0) is 17.5 Å². The summed E-state index contributed by atoms with van der Waals surface area (Å²) in [5.74, 6) is 1.42. The summed E-state index contributed by atoms with van der Waals surface area (Å²) in [6.45, 7) is 0. The fourth-order valence-corrected chi connectivity index (χ4v) is 1.73. The Morgan fingerprint density at radius 2 is 1.47 bits per heavy atom. The Balaban J connectivity index is 1.96. The minimum atomic E-state index is 0.620. The van der Waals surface area contributed by atoms with Gasteiger partial charge in [-0.2, -0.15) is 0 Å². The average molecular weight is 221 g/mol. The first-order valence-corrected chi connectivity index (χ1v) is 5.49. The van der Waals surface area contributed by atoms with Crippen LogP contribution in [-0.2, 0) is 0 Å². The zero-order valence-corrected chi connectivity index (χ0v) is 9.21. The van der Waals surface area contributed by atoms with Gasteiger partial charge in [-0.3, -0.25) is 0 Å². The highest BCUT2D eigenvalue weighted by Crippen LogP contribution is 2.22. The van der Waals surface area contributed by atoms with Gasteiger partial charge in [-0.15, -0.1) is 0 Å². The quantitative estimate of drug-likeness (QED) is 0.651. The minimum absolute atomic E-state index is 0.620. The van der Waals surface area contributed by atoms with Crippen molar-refractivity contribution in [3.05, 3.63) is 66.9 Å². The van der Waals surface area contributed by atoms with Gasteiger partial charge in [0, 0.05) is 17.6 Å². The van der Waals surface area contributed by atoms with Crippen LogP contribution in [0.25, 0.3) is 10.8 Å². The lowest BCUT2D eigenvalue weighted by atomic mass is 10.2. The van der Waals surface area contributed by atoms with Gasteiger partial charge in [0.15, 0.2) is 0 Å². The number of para-hydroxylation sites is 1. The van der Waals surface area contributed by atoms with Gasteiger partial charge in [0.2, 0.25) is 5.88 Å². The second kappa shape index (κ2) is 4.26. The molecule has 1 aromatic heterocycles. The molecule has 0 radical (unpaired) electrons. The molecule has 0 saturated heterocycles. The number of hydrogen-bond acceptors (Lipinski definition) is 2. The number of rotatable bonds is 2. The van der Waals surface area contributed by atoms with Gasteiger partial charge in [0.25, 0.3) is 0 Å². The van der Waals surface area contributed by atoms with Crippen LogP contribution in [0, 0.1) is 0 Å². The third-order valence-electron chi connectivity index (χ3n) is 2.57. The molecule has 0 aliphatic rings. The summed E-state index contributed by atoms with van der Waals surface area (Å²) < 4.78 is 5.68. The fourth-order valence-electron chi connectivity index (χ4n) is 1.73. The lowest BCUT2D eigenvalue weighted by Gasteiger charge is -2.05. The van der Waals surface area contributed by atoms with Crippen LogP contribution >= 0.6 is 0 Å². The van der Waals surface area contributed by atoms with Crippen LogP contribution in [0.4, 0.5) is 0 Å². The van der Waals surface area contributed by atoms with Crippen molar-refractivity contribution in [3.8, 4) is 11.6 Å². The van der Waals surface area contributed by atoms with Gasteiger partial charge < -0.3 is 4.74 Å². The molecule has 2 nitrogen and oxygen atoms in total. The zero-order chi connectivity index (χ0) is 11.5. The van der Waals surface area contributed by atoms with Crippen molar-refractivity contribution in [2.45, 2.75) is 0 Å². The molecular formula is C15H11NO. The van der Waals surface area contributed by atoms with Crippen molar-refractivity contribution in [2.75, 3.05) is 0 Å². The molecule has 2 aromatic carbocycles. The molecule has 0 fully saturated rings. The van der Waals surface area contributed by atoms with Crippen molar-refractivity contribution in [3.63, 3.8) is 0 Å². The Bertz CT molecular complexity index is 635. The predicted molar refractivity (Wildman–Crippen MR) is 68.3 cm³/mol. The first-order valence-electron chi connectivity index (χ1n) is 5.49. The van der Waals surface area contributed by atoms with Gasteiger partial charge in [0.05, 0.1) is 0 Å². The Kier molecular flexibility index (Phi) is 2.47. The van der Waals surface area contributed by atoms with Crippen molar-refractivity contribution >= 4 is 10.8 Å². The molecule has 0 bridgehead atoms. The number of nitrogens with zero attached hydrogens (tertiary/aromatic N) is 1. The second-order valence-electron chi connectivity index (χ2n) is 3.78. The molecule has 0 aliphatic carbocycles. The van der Waals surface area contributed by atoms with Crippen LogP contribution in [0.3, 0.4) is 0 Å². The third-order valence-corrected chi connectivity index (χ3v) is 2.57. The van der Waals surface area contributed by atoms with E-state index in [1.807, 2.05) is 60.8 Å². The minimum Gasteiger partial charge on any atom is -0.439 e. The molecule has 0 saturated carbocycles. The molecule has 3 rings (SSSR count). The Morgan fingerprint density at radius 1 is 0.765 bits per heavy atom. The van der Waals surface area contributed by atoms with Crippen LogP contribution < -0.4 is 4.74 Å². The van der Waals surface area contributed by atoms with E-state index in [1.165, 1.54) is 0 Å². The van der Waals surface area contributed by atoms with Crippen molar-refractivity contribution in [1.82, 2.24) is 4.98 Å². The molecule has 0 spiro atoms. The normalized spacial score (nSPS) is 10.4. The molecule has 0 unspecified atom stereocenters. The van der Waals surface area contributed by atoms with Gasteiger partial charge in [0.1, 0.15) is 5.75 Å². The van der Waals surface area contributed by atoms with E-state index >= 15 is 0 Å². The van der Waals surface area contributed by atoms with E-state index in [1.54, 1.807) is 0 Å². The molecule has 0 amide bonds. The number of fused-ring (bicyclic) bond motifs is 1. The third kappa shape index (κ3) is 2.11. The van der Waals surface area contributed by atoms with Crippen molar-refractivity contribution < 1.29 is 4.74 Å². The van der Waals surface area contributed by atoms with Crippen LogP contribution in [0.1, 0.15) is 0 Å². The maximum Gasteiger partial charge on any atom is 0.219 e. The standard InChI is InChI=1S/C15H11NO/c1-2-8-14(9-3-1)17-15-10-12-6-4-5-7-13(12)11-16-15/h1-11H. The van der Waals surface area contributed by atoms with E-state index in [2.05, 4.69) is 11.1 Å². The molecule has 3 aromatic rings. The van der Waals surface area contributed by atoms with E-state index < -0.39 is 0 Å². The van der Waals surface area contributed by atoms with Gasteiger partial charge in [-0.1, -0.05) is 42.5 Å². The predicted octanol–water partition coefficient (Wildman–Crippen LogP) is 4.03. The van der Waals surface area contributed by atoms with Gasteiger partial charge in [-0.25, -0.2) is 4.98 Å². The molecule has 1 heterocycles. The summed E-state index contributed by atoms with van der Waals surface area (Å²) in [4.78, 5) is 4.28. The lowest BCUT2D eigenvalue weighted by molar-refractivity contribution is 0.464. The maximum atomic E-state index is 5.68. The molecule has 0 aliphatic heterocycles. The highest BCUT2D eigenvalue weighted by Gasteiger charge is 1.99. The number of pyridine rings is 1. The van der Waals surface area contributed by atoms with Crippen LogP contribution in [0.2, 0.25) is 0 Å². The first kappa shape index (κ1) is 9.85. The Hall–Kier alpha value is -2.35. The van der Waals surface area contributed by atoms with E-state index in [0.29, 0.717) is 5.88 Å². The monoisotopic (exact) mass is 221 g/mol. The topological polar surface area (TPSA) is 22.1 Å². The summed E-state index contributed by atoms with van der Waals surface area (Å²) >= 11 is 0. The largest absolute Gasteiger partial charge is 0.439 e. The van der Waals surface area contributed by atoms with E-state index in [-0.39, 0.29) is 0 Å². The smallest absolute Gasteiger partial charge is 0.219 e.